The lowest BCUT2D eigenvalue weighted by Crippen LogP contribution is -2.27. The van der Waals surface area contributed by atoms with E-state index in [-0.39, 0.29) is 6.61 Å². The zero-order chi connectivity index (χ0) is 12.4. The molecule has 2 nitrogen and oxygen atoms in total. The van der Waals surface area contributed by atoms with Gasteiger partial charge in [0, 0.05) is 0 Å². The molecular formula is C11H13F3O2. The number of alkyl halides is 3. The molecule has 0 unspecified atom stereocenters. The third kappa shape index (κ3) is 4.10. The lowest BCUT2D eigenvalue weighted by atomic mass is 10.1. The minimum atomic E-state index is -4.34. The molecule has 1 aromatic carbocycles. The Morgan fingerprint density at radius 2 is 1.62 bits per heavy atom. The molecule has 0 heterocycles. The van der Waals surface area contributed by atoms with Gasteiger partial charge in [0.15, 0.2) is 0 Å². The molecule has 0 aliphatic rings. The van der Waals surface area contributed by atoms with Crippen molar-refractivity contribution in [2.75, 3.05) is 6.61 Å². The van der Waals surface area contributed by atoms with Crippen LogP contribution in [-0.2, 0) is 6.18 Å². The zero-order valence-electron chi connectivity index (χ0n) is 9.01. The molecule has 0 radical (unpaired) electrons. The summed E-state index contributed by atoms with van der Waals surface area (Å²) in [4.78, 5) is 0. The predicted octanol–water partition coefficient (Wildman–Crippen LogP) is 2.86. The van der Waals surface area contributed by atoms with Crippen LogP contribution in [0, 0.1) is 0 Å². The molecule has 0 aliphatic heterocycles. The number of ether oxygens (including phenoxy) is 1. The molecule has 0 fully saturated rings. The Morgan fingerprint density at radius 1 is 1.12 bits per heavy atom. The van der Waals surface area contributed by atoms with E-state index < -0.39 is 17.3 Å². The molecule has 1 aromatic rings. The van der Waals surface area contributed by atoms with E-state index in [1.54, 1.807) is 13.8 Å². The first kappa shape index (κ1) is 12.8. The van der Waals surface area contributed by atoms with E-state index in [1.807, 2.05) is 0 Å². The van der Waals surface area contributed by atoms with Crippen molar-refractivity contribution >= 4 is 0 Å². The highest BCUT2D eigenvalue weighted by Crippen LogP contribution is 2.30. The molecule has 0 aromatic heterocycles. The maximum atomic E-state index is 12.2. The van der Waals surface area contributed by atoms with Gasteiger partial charge in [0.05, 0.1) is 11.2 Å². The Morgan fingerprint density at radius 3 is 2.00 bits per heavy atom. The summed E-state index contributed by atoms with van der Waals surface area (Å²) in [5, 5.41) is 9.36. The summed E-state index contributed by atoms with van der Waals surface area (Å²) in [6.07, 6.45) is -4.34. The third-order valence-corrected chi connectivity index (χ3v) is 1.77. The van der Waals surface area contributed by atoms with E-state index in [0.29, 0.717) is 5.75 Å². The molecule has 0 aliphatic carbocycles. The normalized spacial score (nSPS) is 12.6. The lowest BCUT2D eigenvalue weighted by Gasteiger charge is -2.18. The number of halogens is 3. The van der Waals surface area contributed by atoms with Gasteiger partial charge in [-0.1, -0.05) is 0 Å². The summed E-state index contributed by atoms with van der Waals surface area (Å²) in [7, 11) is 0. The van der Waals surface area contributed by atoms with Crippen molar-refractivity contribution in [3.8, 4) is 5.75 Å². The van der Waals surface area contributed by atoms with Crippen molar-refractivity contribution in [3.05, 3.63) is 29.8 Å². The summed E-state index contributed by atoms with van der Waals surface area (Å²) in [5.74, 6) is 0.301. The Kier molecular flexibility index (Phi) is 3.48. The average Bonchev–Trinajstić information content (AvgIpc) is 2.13. The fourth-order valence-electron chi connectivity index (χ4n) is 1.00. The van der Waals surface area contributed by atoms with Crippen LogP contribution in [0.5, 0.6) is 5.75 Å². The van der Waals surface area contributed by atoms with Crippen molar-refractivity contribution in [2.24, 2.45) is 0 Å². The van der Waals surface area contributed by atoms with Gasteiger partial charge >= 0.3 is 6.18 Å². The van der Waals surface area contributed by atoms with Crippen LogP contribution >= 0.6 is 0 Å². The maximum absolute atomic E-state index is 12.2. The van der Waals surface area contributed by atoms with Gasteiger partial charge in [-0.2, -0.15) is 13.2 Å². The van der Waals surface area contributed by atoms with Crippen LogP contribution in [0.25, 0.3) is 0 Å². The van der Waals surface area contributed by atoms with Gasteiger partial charge in [0.1, 0.15) is 12.4 Å². The van der Waals surface area contributed by atoms with Crippen LogP contribution in [0.15, 0.2) is 24.3 Å². The van der Waals surface area contributed by atoms with Gasteiger partial charge in [-0.15, -0.1) is 0 Å². The van der Waals surface area contributed by atoms with Gasteiger partial charge in [-0.3, -0.25) is 0 Å². The largest absolute Gasteiger partial charge is 0.491 e. The van der Waals surface area contributed by atoms with Gasteiger partial charge < -0.3 is 9.84 Å². The average molecular weight is 234 g/mol. The zero-order valence-corrected chi connectivity index (χ0v) is 9.01. The molecule has 1 rings (SSSR count). The summed E-state index contributed by atoms with van der Waals surface area (Å²) in [6, 6.07) is 4.35. The monoisotopic (exact) mass is 234 g/mol. The lowest BCUT2D eigenvalue weighted by molar-refractivity contribution is -0.137. The third-order valence-electron chi connectivity index (χ3n) is 1.77. The summed E-state index contributed by atoms with van der Waals surface area (Å²) in [5.41, 5.74) is -1.73. The Hall–Kier alpha value is -1.23. The second kappa shape index (κ2) is 4.33. The van der Waals surface area contributed by atoms with Crippen molar-refractivity contribution in [1.29, 1.82) is 0 Å². The molecule has 0 atom stereocenters. The summed E-state index contributed by atoms with van der Waals surface area (Å²) in [6.45, 7) is 3.13. The Bertz CT molecular complexity index is 336. The first-order valence-corrected chi connectivity index (χ1v) is 4.71. The standard InChI is InChI=1S/C11H13F3O2/c1-10(2,15)7-16-9-5-3-8(4-6-9)11(12,13)14/h3-6,15H,7H2,1-2H3. The molecule has 90 valence electrons. The molecule has 0 saturated heterocycles. The van der Waals surface area contributed by atoms with E-state index in [1.165, 1.54) is 12.1 Å². The highest BCUT2D eigenvalue weighted by atomic mass is 19.4. The minimum Gasteiger partial charge on any atom is -0.491 e. The van der Waals surface area contributed by atoms with E-state index in [2.05, 4.69) is 0 Å². The minimum absolute atomic E-state index is 0.0262. The number of hydrogen-bond donors (Lipinski definition) is 1. The fraction of sp³-hybridized carbons (Fsp3) is 0.455. The van der Waals surface area contributed by atoms with Crippen LogP contribution in [0.2, 0.25) is 0 Å². The SMILES string of the molecule is CC(C)(O)COc1ccc(C(F)(F)F)cc1. The van der Waals surface area contributed by atoms with E-state index in [9.17, 15) is 18.3 Å². The fourth-order valence-corrected chi connectivity index (χ4v) is 1.00. The number of aliphatic hydroxyl groups is 1. The van der Waals surface area contributed by atoms with Crippen molar-refractivity contribution in [3.63, 3.8) is 0 Å². The van der Waals surface area contributed by atoms with Gasteiger partial charge in [-0.25, -0.2) is 0 Å². The number of benzene rings is 1. The summed E-state index contributed by atoms with van der Waals surface area (Å²) < 4.78 is 41.8. The Labute approximate surface area is 91.7 Å². The van der Waals surface area contributed by atoms with Crippen molar-refractivity contribution in [1.82, 2.24) is 0 Å². The van der Waals surface area contributed by atoms with E-state index in [4.69, 9.17) is 4.74 Å². The van der Waals surface area contributed by atoms with Crippen LogP contribution in [0.3, 0.4) is 0 Å². The van der Waals surface area contributed by atoms with Gasteiger partial charge in [0.25, 0.3) is 0 Å². The van der Waals surface area contributed by atoms with Crippen LogP contribution in [-0.4, -0.2) is 17.3 Å². The molecule has 16 heavy (non-hydrogen) atoms. The second-order valence-corrected chi connectivity index (χ2v) is 4.12. The van der Waals surface area contributed by atoms with Crippen molar-refractivity contribution < 1.29 is 23.0 Å². The second-order valence-electron chi connectivity index (χ2n) is 4.12. The molecule has 1 N–H and O–H groups in total. The smallest absolute Gasteiger partial charge is 0.416 e. The van der Waals surface area contributed by atoms with E-state index >= 15 is 0 Å². The van der Waals surface area contributed by atoms with Crippen LogP contribution in [0.1, 0.15) is 19.4 Å². The molecule has 5 heteroatoms. The molecule has 0 saturated carbocycles. The first-order chi connectivity index (χ1) is 7.18. The van der Waals surface area contributed by atoms with Crippen LogP contribution in [0.4, 0.5) is 13.2 Å². The predicted molar refractivity (Wildman–Crippen MR) is 53.2 cm³/mol. The highest BCUT2D eigenvalue weighted by molar-refractivity contribution is 5.28. The molecule has 0 spiro atoms. The van der Waals surface area contributed by atoms with Gasteiger partial charge in [0.2, 0.25) is 0 Å². The molecule has 0 amide bonds. The Balaban J connectivity index is 2.66. The van der Waals surface area contributed by atoms with E-state index in [0.717, 1.165) is 12.1 Å². The number of rotatable bonds is 3. The van der Waals surface area contributed by atoms with Crippen LogP contribution < -0.4 is 4.74 Å². The first-order valence-electron chi connectivity index (χ1n) is 4.71. The maximum Gasteiger partial charge on any atom is 0.416 e. The quantitative estimate of drug-likeness (QED) is 0.871. The van der Waals surface area contributed by atoms with Gasteiger partial charge in [-0.05, 0) is 38.1 Å². The van der Waals surface area contributed by atoms with Crippen molar-refractivity contribution in [2.45, 2.75) is 25.6 Å². The highest BCUT2D eigenvalue weighted by Gasteiger charge is 2.30. The summed E-state index contributed by atoms with van der Waals surface area (Å²) >= 11 is 0. The molecular weight excluding hydrogens is 221 g/mol. The number of hydrogen-bond acceptors (Lipinski definition) is 2. The topological polar surface area (TPSA) is 29.5 Å². The molecule has 0 bridgehead atoms.